The molecule has 0 saturated heterocycles. The lowest BCUT2D eigenvalue weighted by Crippen LogP contribution is -2.16. The van der Waals surface area contributed by atoms with Crippen LogP contribution in [0.25, 0.3) is 0 Å². The molecule has 1 atom stereocenters. The largest absolute Gasteiger partial charge is 0.368 e. The molecule has 1 aromatic rings. The molecule has 0 aliphatic heterocycles. The summed E-state index contributed by atoms with van der Waals surface area (Å²) >= 11 is 0. The molecule has 1 aromatic heterocycles. The van der Waals surface area contributed by atoms with Crippen LogP contribution in [0.5, 0.6) is 0 Å². The second-order valence-corrected chi connectivity index (χ2v) is 4.08. The van der Waals surface area contributed by atoms with Crippen LogP contribution >= 0.6 is 0 Å². The van der Waals surface area contributed by atoms with Gasteiger partial charge in [-0.25, -0.2) is 4.98 Å². The Morgan fingerprint density at radius 3 is 3.07 bits per heavy atom. The summed E-state index contributed by atoms with van der Waals surface area (Å²) < 4.78 is 0. The van der Waals surface area contributed by atoms with Gasteiger partial charge in [0.05, 0.1) is 11.9 Å². The van der Waals surface area contributed by atoms with Crippen molar-refractivity contribution >= 4 is 5.82 Å². The number of allylic oxidation sites excluding steroid dienone is 2. The zero-order valence-corrected chi connectivity index (χ0v) is 9.11. The highest BCUT2D eigenvalue weighted by atomic mass is 15.0. The molecular weight excluding hydrogens is 186 g/mol. The Hall–Kier alpha value is -1.38. The molecule has 1 aliphatic rings. The summed E-state index contributed by atoms with van der Waals surface area (Å²) in [4.78, 5) is 8.47. The average Bonchev–Trinajstić information content (AvgIpc) is 2.28. The Morgan fingerprint density at radius 1 is 1.40 bits per heavy atom. The van der Waals surface area contributed by atoms with Crippen LogP contribution in [0.15, 0.2) is 24.5 Å². The maximum Gasteiger partial charge on any atom is 0.144 e. The first kappa shape index (κ1) is 10.1. The van der Waals surface area contributed by atoms with Gasteiger partial charge in [0.15, 0.2) is 0 Å². The van der Waals surface area contributed by atoms with Crippen LogP contribution < -0.4 is 5.32 Å². The number of aryl methyl sites for hydroxylation is 1. The predicted octanol–water partition coefficient (Wildman–Crippen LogP) is 2.55. The topological polar surface area (TPSA) is 37.8 Å². The van der Waals surface area contributed by atoms with Crippen LogP contribution in [0.1, 0.15) is 25.0 Å². The normalized spacial score (nSPS) is 20.2. The Morgan fingerprint density at radius 2 is 2.33 bits per heavy atom. The number of nitrogens with one attached hydrogen (secondary N) is 1. The third-order valence-corrected chi connectivity index (χ3v) is 2.70. The first-order valence-corrected chi connectivity index (χ1v) is 5.52. The number of anilines is 1. The number of nitrogens with zero attached hydrogens (tertiary/aromatic N) is 2. The summed E-state index contributed by atoms with van der Waals surface area (Å²) in [5, 5.41) is 3.35. The minimum absolute atomic E-state index is 0.748. The van der Waals surface area contributed by atoms with Gasteiger partial charge in [-0.15, -0.1) is 0 Å². The van der Waals surface area contributed by atoms with E-state index in [4.69, 9.17) is 0 Å². The molecule has 80 valence electrons. The van der Waals surface area contributed by atoms with E-state index in [1.165, 1.54) is 19.3 Å². The number of aromatic nitrogens is 2. The molecule has 0 fully saturated rings. The van der Waals surface area contributed by atoms with E-state index in [0.29, 0.717) is 0 Å². The number of hydrogen-bond acceptors (Lipinski definition) is 3. The molecule has 0 aromatic carbocycles. The van der Waals surface area contributed by atoms with Crippen LogP contribution in [0.4, 0.5) is 5.82 Å². The van der Waals surface area contributed by atoms with Gasteiger partial charge in [0, 0.05) is 12.7 Å². The SMILES string of the molecule is Cc1cncc(NCC2CC=CCC2)n1. The van der Waals surface area contributed by atoms with Crippen LogP contribution in [0.2, 0.25) is 0 Å². The highest BCUT2D eigenvalue weighted by Crippen LogP contribution is 2.18. The van der Waals surface area contributed by atoms with E-state index in [-0.39, 0.29) is 0 Å². The molecule has 2 rings (SSSR count). The highest BCUT2D eigenvalue weighted by Gasteiger charge is 2.09. The highest BCUT2D eigenvalue weighted by molar-refractivity contribution is 5.31. The number of rotatable bonds is 3. The average molecular weight is 203 g/mol. The fourth-order valence-corrected chi connectivity index (χ4v) is 1.84. The van der Waals surface area contributed by atoms with E-state index in [1.54, 1.807) is 12.4 Å². The Bertz CT molecular complexity index is 346. The van der Waals surface area contributed by atoms with Crippen molar-refractivity contribution in [2.24, 2.45) is 5.92 Å². The Labute approximate surface area is 90.6 Å². The van der Waals surface area contributed by atoms with Gasteiger partial charge in [-0.3, -0.25) is 4.98 Å². The smallest absolute Gasteiger partial charge is 0.144 e. The van der Waals surface area contributed by atoms with Crippen molar-refractivity contribution in [2.45, 2.75) is 26.2 Å². The van der Waals surface area contributed by atoms with Crippen molar-refractivity contribution < 1.29 is 0 Å². The summed E-state index contributed by atoms with van der Waals surface area (Å²) in [6.07, 6.45) is 11.8. The van der Waals surface area contributed by atoms with E-state index in [2.05, 4.69) is 27.4 Å². The lowest BCUT2D eigenvalue weighted by molar-refractivity contribution is 0.503. The summed E-state index contributed by atoms with van der Waals surface area (Å²) in [5.41, 5.74) is 0.962. The van der Waals surface area contributed by atoms with E-state index >= 15 is 0 Å². The van der Waals surface area contributed by atoms with E-state index in [1.807, 2.05) is 6.92 Å². The van der Waals surface area contributed by atoms with Gasteiger partial charge in [-0.2, -0.15) is 0 Å². The van der Waals surface area contributed by atoms with Gasteiger partial charge in [0.2, 0.25) is 0 Å². The second kappa shape index (κ2) is 4.91. The van der Waals surface area contributed by atoms with Gasteiger partial charge < -0.3 is 5.32 Å². The monoisotopic (exact) mass is 203 g/mol. The van der Waals surface area contributed by atoms with E-state index < -0.39 is 0 Å². The molecule has 0 radical (unpaired) electrons. The Kier molecular flexibility index (Phi) is 3.33. The molecular formula is C12H17N3. The van der Waals surface area contributed by atoms with Crippen molar-refractivity contribution in [1.82, 2.24) is 9.97 Å². The fraction of sp³-hybridized carbons (Fsp3) is 0.500. The first-order valence-electron chi connectivity index (χ1n) is 5.52. The zero-order chi connectivity index (χ0) is 10.5. The van der Waals surface area contributed by atoms with Gasteiger partial charge >= 0.3 is 0 Å². The van der Waals surface area contributed by atoms with Crippen LogP contribution in [-0.4, -0.2) is 16.5 Å². The molecule has 0 saturated carbocycles. The van der Waals surface area contributed by atoms with Crippen LogP contribution in [0.3, 0.4) is 0 Å². The molecule has 15 heavy (non-hydrogen) atoms. The lowest BCUT2D eigenvalue weighted by atomic mass is 9.94. The molecule has 0 amide bonds. The van der Waals surface area contributed by atoms with Crippen molar-refractivity contribution in [3.05, 3.63) is 30.2 Å². The maximum atomic E-state index is 4.37. The van der Waals surface area contributed by atoms with Gasteiger partial charge in [-0.05, 0) is 32.1 Å². The number of hydrogen-bond donors (Lipinski definition) is 1. The third kappa shape index (κ3) is 3.05. The standard InChI is InChI=1S/C12H17N3/c1-10-7-13-9-12(15-10)14-8-11-5-3-2-4-6-11/h2-3,7,9,11H,4-6,8H2,1H3,(H,14,15). The predicted molar refractivity (Wildman–Crippen MR) is 61.7 cm³/mol. The minimum Gasteiger partial charge on any atom is -0.368 e. The van der Waals surface area contributed by atoms with Crippen molar-refractivity contribution in [2.75, 3.05) is 11.9 Å². The van der Waals surface area contributed by atoms with Crippen molar-refractivity contribution in [3.63, 3.8) is 0 Å². The molecule has 3 nitrogen and oxygen atoms in total. The molecule has 3 heteroatoms. The molecule has 1 N–H and O–H groups in total. The zero-order valence-electron chi connectivity index (χ0n) is 9.11. The Balaban J connectivity index is 1.84. The van der Waals surface area contributed by atoms with Gasteiger partial charge in [0.1, 0.15) is 5.82 Å². The van der Waals surface area contributed by atoms with Gasteiger partial charge in [0.25, 0.3) is 0 Å². The quantitative estimate of drug-likeness (QED) is 0.767. The summed E-state index contributed by atoms with van der Waals surface area (Å²) in [7, 11) is 0. The fourth-order valence-electron chi connectivity index (χ4n) is 1.84. The molecule has 0 bridgehead atoms. The first-order chi connectivity index (χ1) is 7.34. The maximum absolute atomic E-state index is 4.37. The molecule has 1 unspecified atom stereocenters. The molecule has 1 heterocycles. The van der Waals surface area contributed by atoms with Crippen molar-refractivity contribution in [3.8, 4) is 0 Å². The van der Waals surface area contributed by atoms with Crippen LogP contribution in [-0.2, 0) is 0 Å². The van der Waals surface area contributed by atoms with E-state index in [0.717, 1.165) is 24.0 Å². The molecule has 0 spiro atoms. The lowest BCUT2D eigenvalue weighted by Gasteiger charge is -2.18. The summed E-state index contributed by atoms with van der Waals surface area (Å²) in [5.74, 6) is 1.64. The van der Waals surface area contributed by atoms with Gasteiger partial charge in [-0.1, -0.05) is 12.2 Å². The van der Waals surface area contributed by atoms with E-state index in [9.17, 15) is 0 Å². The second-order valence-electron chi connectivity index (χ2n) is 4.08. The molecule has 1 aliphatic carbocycles. The summed E-state index contributed by atoms with van der Waals surface area (Å²) in [6, 6.07) is 0. The third-order valence-electron chi connectivity index (χ3n) is 2.70. The van der Waals surface area contributed by atoms with Crippen LogP contribution in [0, 0.1) is 12.8 Å². The summed E-state index contributed by atoms with van der Waals surface area (Å²) in [6.45, 7) is 2.96. The van der Waals surface area contributed by atoms with Crippen molar-refractivity contribution in [1.29, 1.82) is 0 Å². The minimum atomic E-state index is 0.748.